The summed E-state index contributed by atoms with van der Waals surface area (Å²) in [5, 5.41) is 3.18. The maximum absolute atomic E-state index is 12.4. The van der Waals surface area contributed by atoms with Gasteiger partial charge in [-0.15, -0.1) is 0 Å². The van der Waals surface area contributed by atoms with E-state index in [2.05, 4.69) is 21.9 Å². The number of aromatic nitrogens is 1. The van der Waals surface area contributed by atoms with E-state index >= 15 is 0 Å². The number of pyridine rings is 1. The van der Waals surface area contributed by atoms with E-state index in [4.69, 9.17) is 4.74 Å². The summed E-state index contributed by atoms with van der Waals surface area (Å²) in [6.45, 7) is 4.71. The molecular weight excluding hydrogens is 314 g/mol. The molecule has 124 valence electrons. The van der Waals surface area contributed by atoms with E-state index < -0.39 is 10.0 Å². The second-order valence-electron chi connectivity index (χ2n) is 5.10. The maximum Gasteiger partial charge on any atom is 0.263 e. The summed E-state index contributed by atoms with van der Waals surface area (Å²) in [6, 6.07) is 8.13. The minimum atomic E-state index is -3.68. The minimum absolute atomic E-state index is 0.172. The average Bonchev–Trinajstić information content (AvgIpc) is 2.54. The number of sulfonamides is 1. The highest BCUT2D eigenvalue weighted by molar-refractivity contribution is 7.92. The first-order valence-corrected chi connectivity index (χ1v) is 8.82. The quantitative estimate of drug-likeness (QED) is 0.813. The predicted octanol–water partition coefficient (Wildman–Crippen LogP) is 3.02. The van der Waals surface area contributed by atoms with Crippen molar-refractivity contribution in [2.24, 2.45) is 0 Å². The largest absolute Gasteiger partial charge is 0.496 e. The van der Waals surface area contributed by atoms with Gasteiger partial charge in [-0.05, 0) is 49.2 Å². The molecule has 0 spiro atoms. The van der Waals surface area contributed by atoms with Crippen molar-refractivity contribution >= 4 is 21.5 Å². The van der Waals surface area contributed by atoms with Crippen LogP contribution in [0.15, 0.2) is 41.4 Å². The van der Waals surface area contributed by atoms with Crippen LogP contribution in [-0.2, 0) is 10.0 Å². The van der Waals surface area contributed by atoms with Gasteiger partial charge >= 0.3 is 0 Å². The Kier molecular flexibility index (Phi) is 5.44. The number of aryl methyl sites for hydroxylation is 1. The van der Waals surface area contributed by atoms with Crippen LogP contribution in [-0.4, -0.2) is 27.1 Å². The summed E-state index contributed by atoms with van der Waals surface area (Å²) in [5.74, 6) is 0.925. The molecule has 0 bridgehead atoms. The van der Waals surface area contributed by atoms with Crippen LogP contribution in [0.2, 0.25) is 0 Å². The van der Waals surface area contributed by atoms with Crippen LogP contribution in [0.4, 0.5) is 11.5 Å². The molecule has 0 saturated carbocycles. The first-order valence-electron chi connectivity index (χ1n) is 7.33. The first kappa shape index (κ1) is 17.1. The van der Waals surface area contributed by atoms with Crippen molar-refractivity contribution < 1.29 is 13.2 Å². The molecule has 0 aliphatic carbocycles. The summed E-state index contributed by atoms with van der Waals surface area (Å²) >= 11 is 0. The van der Waals surface area contributed by atoms with Crippen molar-refractivity contribution in [1.82, 2.24) is 4.98 Å². The van der Waals surface area contributed by atoms with E-state index in [1.807, 2.05) is 0 Å². The predicted molar refractivity (Wildman–Crippen MR) is 91.6 cm³/mol. The lowest BCUT2D eigenvalue weighted by atomic mass is 10.2. The molecule has 6 nitrogen and oxygen atoms in total. The van der Waals surface area contributed by atoms with Crippen LogP contribution in [0.25, 0.3) is 0 Å². The van der Waals surface area contributed by atoms with Crippen molar-refractivity contribution in [3.8, 4) is 5.75 Å². The van der Waals surface area contributed by atoms with Crippen molar-refractivity contribution in [3.63, 3.8) is 0 Å². The molecule has 1 aromatic heterocycles. The number of nitrogens with one attached hydrogen (secondary N) is 2. The molecule has 0 saturated heterocycles. The molecule has 0 aliphatic heterocycles. The molecule has 0 radical (unpaired) electrons. The van der Waals surface area contributed by atoms with Crippen LogP contribution >= 0.6 is 0 Å². The Morgan fingerprint density at radius 1 is 1.22 bits per heavy atom. The summed E-state index contributed by atoms with van der Waals surface area (Å²) < 4.78 is 32.4. The smallest absolute Gasteiger partial charge is 0.263 e. The molecule has 2 rings (SSSR count). The van der Waals surface area contributed by atoms with E-state index in [9.17, 15) is 8.42 Å². The Morgan fingerprint density at radius 3 is 2.57 bits per heavy atom. The normalized spacial score (nSPS) is 11.1. The Hall–Kier alpha value is -2.28. The van der Waals surface area contributed by atoms with Gasteiger partial charge in [0, 0.05) is 6.54 Å². The summed E-state index contributed by atoms with van der Waals surface area (Å²) in [4.78, 5) is 4.29. The highest BCUT2D eigenvalue weighted by Crippen LogP contribution is 2.23. The van der Waals surface area contributed by atoms with Gasteiger partial charge in [-0.2, -0.15) is 0 Å². The number of nitrogens with zero attached hydrogens (tertiary/aromatic N) is 1. The summed E-state index contributed by atoms with van der Waals surface area (Å²) in [6.07, 6.45) is 2.61. The molecule has 1 aromatic carbocycles. The fourth-order valence-electron chi connectivity index (χ4n) is 2.04. The Morgan fingerprint density at radius 2 is 2.00 bits per heavy atom. The summed E-state index contributed by atoms with van der Waals surface area (Å²) in [7, 11) is -2.13. The third-order valence-electron chi connectivity index (χ3n) is 3.26. The molecule has 0 aliphatic rings. The number of ether oxygens (including phenoxy) is 1. The molecule has 1 heterocycles. The van der Waals surface area contributed by atoms with Crippen LogP contribution in [0.5, 0.6) is 5.75 Å². The Balaban J connectivity index is 2.16. The number of hydrogen-bond acceptors (Lipinski definition) is 5. The summed E-state index contributed by atoms with van der Waals surface area (Å²) in [5.41, 5.74) is 1.61. The SMILES string of the molecule is CCCNc1ccc(NS(=O)(=O)c2ccc(OC)c(C)c2)nc1. The number of methoxy groups -OCH3 is 1. The van der Waals surface area contributed by atoms with Crippen LogP contribution in [0.1, 0.15) is 18.9 Å². The van der Waals surface area contributed by atoms with E-state index in [0.717, 1.165) is 24.2 Å². The van der Waals surface area contributed by atoms with Gasteiger partial charge in [0.15, 0.2) is 0 Å². The van der Waals surface area contributed by atoms with E-state index in [-0.39, 0.29) is 10.7 Å². The maximum atomic E-state index is 12.4. The fourth-order valence-corrected chi connectivity index (χ4v) is 3.14. The van der Waals surface area contributed by atoms with Gasteiger partial charge in [-0.1, -0.05) is 6.92 Å². The molecule has 0 atom stereocenters. The van der Waals surface area contributed by atoms with Gasteiger partial charge in [0.2, 0.25) is 0 Å². The molecule has 0 fully saturated rings. The third-order valence-corrected chi connectivity index (χ3v) is 4.61. The topological polar surface area (TPSA) is 80.3 Å². The van der Waals surface area contributed by atoms with Crippen molar-refractivity contribution in [2.75, 3.05) is 23.7 Å². The molecule has 7 heteroatoms. The number of benzene rings is 1. The average molecular weight is 335 g/mol. The molecule has 2 aromatic rings. The zero-order chi connectivity index (χ0) is 16.9. The zero-order valence-corrected chi connectivity index (χ0v) is 14.3. The molecule has 23 heavy (non-hydrogen) atoms. The van der Waals surface area contributed by atoms with Crippen molar-refractivity contribution in [1.29, 1.82) is 0 Å². The highest BCUT2D eigenvalue weighted by Gasteiger charge is 2.16. The Bertz CT molecular complexity index is 759. The standard InChI is InChI=1S/C16H21N3O3S/c1-4-9-17-13-5-8-16(18-11-13)19-23(20,21)14-6-7-15(22-3)12(2)10-14/h5-8,10-11,17H,4,9H2,1-3H3,(H,18,19). The second kappa shape index (κ2) is 7.32. The van der Waals surface area contributed by atoms with E-state index in [1.165, 1.54) is 6.07 Å². The fraction of sp³-hybridized carbons (Fsp3) is 0.312. The van der Waals surface area contributed by atoms with Crippen molar-refractivity contribution in [3.05, 3.63) is 42.1 Å². The molecule has 0 amide bonds. The lowest BCUT2D eigenvalue weighted by Gasteiger charge is -2.10. The number of hydrogen-bond donors (Lipinski definition) is 2. The monoisotopic (exact) mass is 335 g/mol. The first-order chi connectivity index (χ1) is 11.0. The van der Waals surface area contributed by atoms with E-state index in [1.54, 1.807) is 44.5 Å². The number of rotatable bonds is 7. The lowest BCUT2D eigenvalue weighted by Crippen LogP contribution is -2.14. The second-order valence-corrected chi connectivity index (χ2v) is 6.78. The van der Waals surface area contributed by atoms with Crippen LogP contribution in [0, 0.1) is 6.92 Å². The lowest BCUT2D eigenvalue weighted by molar-refractivity contribution is 0.411. The van der Waals surface area contributed by atoms with Gasteiger partial charge in [0.25, 0.3) is 10.0 Å². The van der Waals surface area contributed by atoms with Gasteiger partial charge in [-0.25, -0.2) is 13.4 Å². The highest BCUT2D eigenvalue weighted by atomic mass is 32.2. The van der Waals surface area contributed by atoms with Gasteiger partial charge in [0.1, 0.15) is 11.6 Å². The van der Waals surface area contributed by atoms with Crippen LogP contribution < -0.4 is 14.8 Å². The Labute approximate surface area is 137 Å². The third kappa shape index (κ3) is 4.35. The van der Waals surface area contributed by atoms with Crippen LogP contribution in [0.3, 0.4) is 0 Å². The zero-order valence-electron chi connectivity index (χ0n) is 13.5. The molecule has 2 N–H and O–H groups in total. The van der Waals surface area contributed by atoms with Gasteiger partial charge in [0.05, 0.1) is 23.9 Å². The van der Waals surface area contributed by atoms with Gasteiger partial charge in [-0.3, -0.25) is 4.72 Å². The molecular formula is C16H21N3O3S. The van der Waals surface area contributed by atoms with E-state index in [0.29, 0.717) is 5.75 Å². The van der Waals surface area contributed by atoms with Gasteiger partial charge < -0.3 is 10.1 Å². The minimum Gasteiger partial charge on any atom is -0.496 e. The number of anilines is 2. The molecule has 0 unspecified atom stereocenters. The van der Waals surface area contributed by atoms with Crippen molar-refractivity contribution in [2.45, 2.75) is 25.2 Å².